The number of para-hydroxylation sites is 2. The molecule has 6 heteroatoms. The Labute approximate surface area is 184 Å². The van der Waals surface area contributed by atoms with E-state index in [2.05, 4.69) is 43.2 Å². The van der Waals surface area contributed by atoms with Gasteiger partial charge in [-0.15, -0.1) is 0 Å². The molecule has 0 atom stereocenters. The maximum absolute atomic E-state index is 6.14. The highest BCUT2D eigenvalue weighted by Crippen LogP contribution is 2.40. The van der Waals surface area contributed by atoms with Gasteiger partial charge in [-0.3, -0.25) is 0 Å². The van der Waals surface area contributed by atoms with Crippen LogP contribution in [-0.4, -0.2) is 32.4 Å². The van der Waals surface area contributed by atoms with E-state index in [4.69, 9.17) is 29.2 Å². The number of nitrogens with one attached hydrogen (secondary N) is 2. The van der Waals surface area contributed by atoms with E-state index in [1.807, 2.05) is 60.7 Å². The third kappa shape index (κ3) is 5.46. The van der Waals surface area contributed by atoms with Crippen molar-refractivity contribution in [3.63, 3.8) is 0 Å². The molecule has 0 spiro atoms. The van der Waals surface area contributed by atoms with Gasteiger partial charge >= 0.3 is 0 Å². The Hall–Kier alpha value is -2.18. The molecule has 2 aromatic rings. The van der Waals surface area contributed by atoms with Crippen molar-refractivity contribution in [3.8, 4) is 0 Å². The fourth-order valence-corrected chi connectivity index (χ4v) is 5.21. The standard InChI is InChI=1S/C23H29N3OS2/c1-22(2)15-19(27-21(29)25-18-13-9-6-10-14-18)16-23(3,4)26(22)20(28)24-17-11-7-5-8-12-17/h5-14,19H,15-16H2,1-4H3,(H,24,28)(H,25,29). The van der Waals surface area contributed by atoms with Gasteiger partial charge in [-0.2, -0.15) is 0 Å². The number of piperidine rings is 1. The summed E-state index contributed by atoms with van der Waals surface area (Å²) >= 11 is 11.3. The number of benzene rings is 2. The zero-order valence-electron chi connectivity index (χ0n) is 17.4. The average molecular weight is 428 g/mol. The van der Waals surface area contributed by atoms with Crippen molar-refractivity contribution < 1.29 is 4.74 Å². The highest BCUT2D eigenvalue weighted by atomic mass is 32.1. The first-order chi connectivity index (χ1) is 13.7. The third-order valence-corrected chi connectivity index (χ3v) is 5.67. The molecule has 3 rings (SSSR count). The summed E-state index contributed by atoms with van der Waals surface area (Å²) in [6.45, 7) is 8.82. The molecule has 29 heavy (non-hydrogen) atoms. The quantitative estimate of drug-likeness (QED) is 0.601. The van der Waals surface area contributed by atoms with Gasteiger partial charge in [0.25, 0.3) is 5.17 Å². The molecule has 0 amide bonds. The van der Waals surface area contributed by atoms with Crippen molar-refractivity contribution in [2.45, 2.75) is 57.7 Å². The van der Waals surface area contributed by atoms with Crippen LogP contribution in [0.2, 0.25) is 0 Å². The molecule has 2 N–H and O–H groups in total. The molecule has 1 heterocycles. The SMILES string of the molecule is CC1(C)CC(OC(=S)Nc2ccccc2)CC(C)(C)N1C(=S)Nc1ccccc1. The maximum atomic E-state index is 6.14. The predicted octanol–water partition coefficient (Wildman–Crippen LogP) is 5.82. The van der Waals surface area contributed by atoms with Crippen molar-refractivity contribution >= 4 is 46.1 Å². The van der Waals surface area contributed by atoms with E-state index < -0.39 is 0 Å². The van der Waals surface area contributed by atoms with Gasteiger partial charge in [-0.1, -0.05) is 36.4 Å². The van der Waals surface area contributed by atoms with Crippen LogP contribution in [0.5, 0.6) is 0 Å². The maximum Gasteiger partial charge on any atom is 0.261 e. The van der Waals surface area contributed by atoms with Crippen molar-refractivity contribution in [2.24, 2.45) is 0 Å². The van der Waals surface area contributed by atoms with Gasteiger partial charge in [0.15, 0.2) is 5.11 Å². The molecule has 154 valence electrons. The minimum atomic E-state index is -0.187. The predicted molar refractivity (Wildman–Crippen MR) is 129 cm³/mol. The third-order valence-electron chi connectivity index (χ3n) is 5.19. The number of likely N-dealkylation sites (tertiary alicyclic amines) is 1. The Morgan fingerprint density at radius 3 is 1.76 bits per heavy atom. The highest BCUT2D eigenvalue weighted by Gasteiger charge is 2.47. The lowest BCUT2D eigenvalue weighted by molar-refractivity contribution is -0.0273. The molecule has 0 aliphatic carbocycles. The van der Waals surface area contributed by atoms with Crippen LogP contribution >= 0.6 is 24.4 Å². The number of rotatable bonds is 3. The number of hydrogen-bond donors (Lipinski definition) is 2. The molecule has 0 unspecified atom stereocenters. The lowest BCUT2D eigenvalue weighted by atomic mass is 9.78. The molecular weight excluding hydrogens is 398 g/mol. The number of hydrogen-bond acceptors (Lipinski definition) is 3. The molecule has 0 radical (unpaired) electrons. The summed E-state index contributed by atoms with van der Waals surface area (Å²) in [4.78, 5) is 2.30. The van der Waals surface area contributed by atoms with Gasteiger partial charge in [0.2, 0.25) is 0 Å². The molecule has 1 aliphatic heterocycles. The molecule has 1 aliphatic rings. The topological polar surface area (TPSA) is 36.5 Å². The summed E-state index contributed by atoms with van der Waals surface area (Å²) in [5.74, 6) is 0. The van der Waals surface area contributed by atoms with Gasteiger partial charge < -0.3 is 20.3 Å². The van der Waals surface area contributed by atoms with Crippen LogP contribution < -0.4 is 10.6 Å². The molecule has 1 fully saturated rings. The number of thiocarbonyl (C=S) groups is 2. The molecule has 4 nitrogen and oxygen atoms in total. The van der Waals surface area contributed by atoms with Crippen LogP contribution in [0.15, 0.2) is 60.7 Å². The summed E-state index contributed by atoms with van der Waals surface area (Å²) < 4.78 is 6.14. The van der Waals surface area contributed by atoms with E-state index in [1.54, 1.807) is 0 Å². The highest BCUT2D eigenvalue weighted by molar-refractivity contribution is 7.80. The largest absolute Gasteiger partial charge is 0.467 e. The second kappa shape index (κ2) is 8.67. The Balaban J connectivity index is 1.68. The van der Waals surface area contributed by atoms with E-state index in [1.165, 1.54) is 0 Å². The molecule has 0 saturated carbocycles. The van der Waals surface area contributed by atoms with E-state index in [9.17, 15) is 0 Å². The van der Waals surface area contributed by atoms with Gasteiger partial charge in [0.05, 0.1) is 0 Å². The fraction of sp³-hybridized carbons (Fsp3) is 0.391. The Kier molecular flexibility index (Phi) is 6.44. The first-order valence-electron chi connectivity index (χ1n) is 9.86. The van der Waals surface area contributed by atoms with Crippen molar-refractivity contribution in [3.05, 3.63) is 60.7 Å². The van der Waals surface area contributed by atoms with E-state index in [0.717, 1.165) is 29.3 Å². The summed E-state index contributed by atoms with van der Waals surface area (Å²) in [5.41, 5.74) is 1.55. The number of nitrogens with zero attached hydrogens (tertiary/aromatic N) is 1. The van der Waals surface area contributed by atoms with Crippen molar-refractivity contribution in [1.29, 1.82) is 0 Å². The number of ether oxygens (including phenoxy) is 1. The molecular formula is C23H29N3OS2. The summed E-state index contributed by atoms with van der Waals surface area (Å²) in [6, 6.07) is 19.9. The van der Waals surface area contributed by atoms with Gasteiger partial charge in [-0.25, -0.2) is 0 Å². The van der Waals surface area contributed by atoms with Gasteiger partial charge in [0, 0.05) is 35.3 Å². The normalized spacial score (nSPS) is 18.0. The fourth-order valence-electron chi connectivity index (χ4n) is 4.34. The minimum Gasteiger partial charge on any atom is -0.467 e. The van der Waals surface area contributed by atoms with Crippen LogP contribution in [0.3, 0.4) is 0 Å². The molecule has 1 saturated heterocycles. The van der Waals surface area contributed by atoms with Gasteiger partial charge in [-0.05, 0) is 76.4 Å². The monoisotopic (exact) mass is 427 g/mol. The molecule has 0 aromatic heterocycles. The smallest absolute Gasteiger partial charge is 0.261 e. The second-order valence-electron chi connectivity index (χ2n) is 8.68. The lowest BCUT2D eigenvalue weighted by Crippen LogP contribution is -2.65. The lowest BCUT2D eigenvalue weighted by Gasteiger charge is -2.56. The van der Waals surface area contributed by atoms with Crippen molar-refractivity contribution in [2.75, 3.05) is 10.6 Å². The zero-order valence-corrected chi connectivity index (χ0v) is 19.1. The Morgan fingerprint density at radius 1 is 0.828 bits per heavy atom. The minimum absolute atomic E-state index is 0.0134. The summed E-state index contributed by atoms with van der Waals surface area (Å²) in [7, 11) is 0. The number of anilines is 2. The van der Waals surface area contributed by atoms with Crippen molar-refractivity contribution in [1.82, 2.24) is 4.90 Å². The van der Waals surface area contributed by atoms with Crippen LogP contribution in [0, 0.1) is 0 Å². The van der Waals surface area contributed by atoms with Crippen LogP contribution in [0.4, 0.5) is 11.4 Å². The Morgan fingerprint density at radius 2 is 1.28 bits per heavy atom. The van der Waals surface area contributed by atoms with Crippen LogP contribution in [0.1, 0.15) is 40.5 Å². The summed E-state index contributed by atoms with van der Waals surface area (Å²) in [5, 5.41) is 7.70. The first kappa shape index (κ1) is 21.5. The average Bonchev–Trinajstić information content (AvgIpc) is 2.61. The van der Waals surface area contributed by atoms with Crippen LogP contribution in [0.25, 0.3) is 0 Å². The van der Waals surface area contributed by atoms with E-state index >= 15 is 0 Å². The van der Waals surface area contributed by atoms with Gasteiger partial charge in [0.1, 0.15) is 6.10 Å². The zero-order chi connectivity index (χ0) is 21.1. The molecule has 0 bridgehead atoms. The van der Waals surface area contributed by atoms with E-state index in [-0.39, 0.29) is 17.2 Å². The Bertz CT molecular complexity index is 835. The second-order valence-corrected chi connectivity index (χ2v) is 9.44. The first-order valence-corrected chi connectivity index (χ1v) is 10.7. The molecule has 2 aromatic carbocycles. The van der Waals surface area contributed by atoms with Crippen LogP contribution in [-0.2, 0) is 4.74 Å². The summed E-state index contributed by atoms with van der Waals surface area (Å²) in [6.07, 6.45) is 1.66. The van der Waals surface area contributed by atoms with E-state index in [0.29, 0.717) is 5.17 Å².